The van der Waals surface area contributed by atoms with Crippen LogP contribution in [0.2, 0.25) is 0 Å². The molecule has 0 aromatic carbocycles. The van der Waals surface area contributed by atoms with Crippen molar-refractivity contribution in [1.82, 2.24) is 0 Å². The van der Waals surface area contributed by atoms with Crippen LogP contribution < -0.4 is 0 Å². The maximum atomic E-state index is 8.60. The molecule has 1 N–H and O–H groups in total. The highest BCUT2D eigenvalue weighted by atomic mass is 16.7. The molecule has 0 aromatic rings. The molecule has 0 aliphatic heterocycles. The number of aliphatic hydroxyl groups excluding tert-OH is 1. The molecule has 0 aliphatic carbocycles. The molecule has 0 spiro atoms. The van der Waals surface area contributed by atoms with Gasteiger partial charge in [0.1, 0.15) is 0 Å². The number of aliphatic hydroxyl groups is 1. The molecule has 0 rings (SSSR count). The molecule has 0 unspecified atom stereocenters. The van der Waals surface area contributed by atoms with Crippen molar-refractivity contribution in [3.8, 4) is 0 Å². The van der Waals surface area contributed by atoms with Crippen LogP contribution in [0.1, 0.15) is 6.92 Å². The maximum absolute atomic E-state index is 8.60. The van der Waals surface area contributed by atoms with Gasteiger partial charge in [0.2, 0.25) is 0 Å². The van der Waals surface area contributed by atoms with Crippen molar-refractivity contribution in [3.05, 3.63) is 11.6 Å². The van der Waals surface area contributed by atoms with Gasteiger partial charge in [0.25, 0.3) is 0 Å². The van der Waals surface area contributed by atoms with E-state index in [0.717, 1.165) is 5.57 Å². The van der Waals surface area contributed by atoms with Gasteiger partial charge in [-0.2, -0.15) is 0 Å². The molecule has 0 saturated carbocycles. The van der Waals surface area contributed by atoms with E-state index in [-0.39, 0.29) is 12.9 Å². The van der Waals surface area contributed by atoms with Gasteiger partial charge in [-0.05, 0) is 18.6 Å². The van der Waals surface area contributed by atoms with Crippen molar-refractivity contribution < 1.29 is 14.6 Å². The summed E-state index contributed by atoms with van der Waals surface area (Å²) < 4.78 is 9.72. The number of rotatable bonds is 4. The summed E-state index contributed by atoms with van der Waals surface area (Å²) in [5, 5.41) is 8.60. The van der Waals surface area contributed by atoms with E-state index in [1.54, 1.807) is 20.3 Å². The van der Waals surface area contributed by atoms with Crippen LogP contribution in [0.15, 0.2) is 11.6 Å². The predicted molar refractivity (Wildman–Crippen MR) is 38.6 cm³/mol. The zero-order valence-corrected chi connectivity index (χ0v) is 6.63. The minimum absolute atomic E-state index is 0.0449. The average molecular weight is 146 g/mol. The zero-order chi connectivity index (χ0) is 7.98. The van der Waals surface area contributed by atoms with E-state index in [1.807, 2.05) is 6.92 Å². The molecule has 0 atom stereocenters. The van der Waals surface area contributed by atoms with E-state index >= 15 is 0 Å². The Labute approximate surface area is 61.3 Å². The SMILES string of the molecule is COC(/C=C(\C)CO)OC. The number of hydrogen-bond acceptors (Lipinski definition) is 3. The highest BCUT2D eigenvalue weighted by Crippen LogP contribution is 1.98. The topological polar surface area (TPSA) is 38.7 Å². The number of methoxy groups -OCH3 is 2. The van der Waals surface area contributed by atoms with Gasteiger partial charge < -0.3 is 14.6 Å². The quantitative estimate of drug-likeness (QED) is 0.465. The molecule has 3 heteroatoms. The molecule has 0 saturated heterocycles. The van der Waals surface area contributed by atoms with Crippen LogP contribution in [-0.2, 0) is 9.47 Å². The normalized spacial score (nSPS) is 12.7. The molecule has 60 valence electrons. The van der Waals surface area contributed by atoms with Gasteiger partial charge in [0, 0.05) is 14.2 Å². The predicted octanol–water partition coefficient (Wildman–Crippen LogP) is 0.544. The Kier molecular flexibility index (Phi) is 5.20. The summed E-state index contributed by atoms with van der Waals surface area (Å²) in [4.78, 5) is 0. The molecule has 0 bridgehead atoms. The Hall–Kier alpha value is -0.380. The summed E-state index contributed by atoms with van der Waals surface area (Å²) in [6, 6.07) is 0. The van der Waals surface area contributed by atoms with Crippen molar-refractivity contribution in [2.75, 3.05) is 20.8 Å². The Balaban J connectivity index is 3.80. The second-order valence-corrected chi connectivity index (χ2v) is 2.01. The van der Waals surface area contributed by atoms with E-state index < -0.39 is 0 Å². The molecule has 10 heavy (non-hydrogen) atoms. The molecule has 0 aromatic heterocycles. The molecule has 0 radical (unpaired) electrons. The lowest BCUT2D eigenvalue weighted by Gasteiger charge is -2.08. The molecule has 0 amide bonds. The largest absolute Gasteiger partial charge is 0.392 e. The molecule has 3 nitrogen and oxygen atoms in total. The standard InChI is InChI=1S/C7H14O3/c1-6(5-8)4-7(9-2)10-3/h4,7-8H,5H2,1-3H3/b6-4+. The smallest absolute Gasteiger partial charge is 0.176 e. The van der Waals surface area contributed by atoms with Gasteiger partial charge in [-0.1, -0.05) is 0 Å². The average Bonchev–Trinajstić information content (AvgIpc) is 1.99. The van der Waals surface area contributed by atoms with Crippen LogP contribution in [0.25, 0.3) is 0 Å². The van der Waals surface area contributed by atoms with Crippen molar-refractivity contribution in [2.45, 2.75) is 13.2 Å². The van der Waals surface area contributed by atoms with Crippen LogP contribution in [0.4, 0.5) is 0 Å². The van der Waals surface area contributed by atoms with E-state index in [9.17, 15) is 0 Å². The third kappa shape index (κ3) is 3.61. The Morgan fingerprint density at radius 1 is 1.50 bits per heavy atom. The summed E-state index contributed by atoms with van der Waals surface area (Å²) in [6.07, 6.45) is 1.38. The minimum atomic E-state index is -0.341. The van der Waals surface area contributed by atoms with E-state index in [2.05, 4.69) is 0 Å². The summed E-state index contributed by atoms with van der Waals surface area (Å²) in [5.74, 6) is 0. The fourth-order valence-electron chi connectivity index (χ4n) is 0.517. The first-order valence-electron chi connectivity index (χ1n) is 3.08. The molecule has 0 heterocycles. The van der Waals surface area contributed by atoms with Crippen LogP contribution in [0, 0.1) is 0 Å². The number of ether oxygens (including phenoxy) is 2. The molecular formula is C7H14O3. The van der Waals surface area contributed by atoms with Crippen molar-refractivity contribution >= 4 is 0 Å². The van der Waals surface area contributed by atoms with E-state index in [4.69, 9.17) is 14.6 Å². The number of hydrogen-bond donors (Lipinski definition) is 1. The minimum Gasteiger partial charge on any atom is -0.392 e. The van der Waals surface area contributed by atoms with Crippen LogP contribution in [-0.4, -0.2) is 32.2 Å². The monoisotopic (exact) mass is 146 g/mol. The lowest BCUT2D eigenvalue weighted by atomic mass is 10.3. The molecule has 0 fully saturated rings. The zero-order valence-electron chi connectivity index (χ0n) is 6.63. The van der Waals surface area contributed by atoms with Gasteiger partial charge in [-0.15, -0.1) is 0 Å². The first kappa shape index (κ1) is 9.62. The van der Waals surface area contributed by atoms with Crippen molar-refractivity contribution in [2.24, 2.45) is 0 Å². The highest BCUT2D eigenvalue weighted by Gasteiger charge is 1.98. The maximum Gasteiger partial charge on any atom is 0.176 e. The van der Waals surface area contributed by atoms with Gasteiger partial charge in [0.05, 0.1) is 6.61 Å². The Morgan fingerprint density at radius 3 is 2.30 bits per heavy atom. The van der Waals surface area contributed by atoms with Gasteiger partial charge in [-0.25, -0.2) is 0 Å². The second-order valence-electron chi connectivity index (χ2n) is 2.01. The fourth-order valence-corrected chi connectivity index (χ4v) is 0.517. The summed E-state index contributed by atoms with van der Waals surface area (Å²) in [6.45, 7) is 1.86. The summed E-state index contributed by atoms with van der Waals surface area (Å²) in [7, 11) is 3.10. The van der Waals surface area contributed by atoms with Gasteiger partial charge in [0.15, 0.2) is 6.29 Å². The first-order valence-corrected chi connectivity index (χ1v) is 3.08. The summed E-state index contributed by atoms with van der Waals surface area (Å²) in [5.41, 5.74) is 0.841. The van der Waals surface area contributed by atoms with Crippen LogP contribution in [0.5, 0.6) is 0 Å². The van der Waals surface area contributed by atoms with E-state index in [0.29, 0.717) is 0 Å². The highest BCUT2D eigenvalue weighted by molar-refractivity contribution is 4.99. The van der Waals surface area contributed by atoms with Crippen LogP contribution >= 0.6 is 0 Å². The lowest BCUT2D eigenvalue weighted by Crippen LogP contribution is -2.10. The van der Waals surface area contributed by atoms with Crippen molar-refractivity contribution in [3.63, 3.8) is 0 Å². The molecular weight excluding hydrogens is 132 g/mol. The molecule has 0 aliphatic rings. The summed E-state index contributed by atoms with van der Waals surface area (Å²) >= 11 is 0. The van der Waals surface area contributed by atoms with Crippen molar-refractivity contribution in [1.29, 1.82) is 0 Å². The lowest BCUT2D eigenvalue weighted by molar-refractivity contribution is -0.0673. The third-order valence-corrected chi connectivity index (χ3v) is 1.13. The third-order valence-electron chi connectivity index (χ3n) is 1.13. The fraction of sp³-hybridized carbons (Fsp3) is 0.714. The van der Waals surface area contributed by atoms with Gasteiger partial charge >= 0.3 is 0 Å². The Morgan fingerprint density at radius 2 is 2.00 bits per heavy atom. The second kappa shape index (κ2) is 5.41. The first-order chi connectivity index (χ1) is 4.74. The Bertz CT molecular complexity index is 105. The van der Waals surface area contributed by atoms with Crippen LogP contribution in [0.3, 0.4) is 0 Å². The van der Waals surface area contributed by atoms with Gasteiger partial charge in [-0.3, -0.25) is 0 Å². The van der Waals surface area contributed by atoms with E-state index in [1.165, 1.54) is 0 Å².